The summed E-state index contributed by atoms with van der Waals surface area (Å²) in [6.07, 6.45) is 4.82. The molecule has 2 heterocycles. The summed E-state index contributed by atoms with van der Waals surface area (Å²) in [4.78, 5) is 2.53. The van der Waals surface area contributed by atoms with Crippen molar-refractivity contribution in [2.75, 3.05) is 13.1 Å². The summed E-state index contributed by atoms with van der Waals surface area (Å²) >= 11 is 0. The topological polar surface area (TPSA) is 21.1 Å². The van der Waals surface area contributed by atoms with Crippen LogP contribution in [-0.4, -0.2) is 27.8 Å². The molecule has 1 aromatic heterocycles. The van der Waals surface area contributed by atoms with E-state index in [0.29, 0.717) is 0 Å². The van der Waals surface area contributed by atoms with Crippen molar-refractivity contribution in [3.8, 4) is 16.9 Å². The van der Waals surface area contributed by atoms with E-state index in [4.69, 9.17) is 5.10 Å². The van der Waals surface area contributed by atoms with Crippen molar-refractivity contribution in [1.29, 1.82) is 0 Å². The Bertz CT molecular complexity index is 757. The van der Waals surface area contributed by atoms with Crippen molar-refractivity contribution < 1.29 is 0 Å². The van der Waals surface area contributed by atoms with Gasteiger partial charge in [0, 0.05) is 23.9 Å². The van der Waals surface area contributed by atoms with Crippen LogP contribution in [0.25, 0.3) is 16.9 Å². The van der Waals surface area contributed by atoms with Crippen LogP contribution in [0.4, 0.5) is 0 Å². The molecule has 0 unspecified atom stereocenters. The zero-order valence-corrected chi connectivity index (χ0v) is 15.2. The number of para-hydroxylation sites is 1. The highest BCUT2D eigenvalue weighted by Gasteiger charge is 2.17. The van der Waals surface area contributed by atoms with Crippen molar-refractivity contribution in [2.45, 2.75) is 40.7 Å². The van der Waals surface area contributed by atoms with E-state index in [9.17, 15) is 0 Å². The molecule has 1 fully saturated rings. The lowest BCUT2D eigenvalue weighted by Crippen LogP contribution is -2.18. The molecule has 4 rings (SSSR count). The van der Waals surface area contributed by atoms with Crippen LogP contribution >= 0.6 is 0 Å². The smallest absolute Gasteiger partial charge is 0.0972 e. The Balaban J connectivity index is 0.000000784. The Labute approximate surface area is 158 Å². The molecule has 3 nitrogen and oxygen atoms in total. The largest absolute Gasteiger partial charge is 0.299 e. The van der Waals surface area contributed by atoms with E-state index in [2.05, 4.69) is 65.7 Å². The minimum atomic E-state index is 0. The number of benzene rings is 2. The van der Waals surface area contributed by atoms with Crippen molar-refractivity contribution in [3.05, 3.63) is 72.4 Å². The summed E-state index contributed by atoms with van der Waals surface area (Å²) < 4.78 is 2.01. The van der Waals surface area contributed by atoms with Gasteiger partial charge in [0.2, 0.25) is 0 Å². The first kappa shape index (κ1) is 19.9. The zero-order chi connectivity index (χ0) is 17.5. The van der Waals surface area contributed by atoms with Crippen molar-refractivity contribution in [2.24, 2.45) is 0 Å². The lowest BCUT2D eigenvalue weighted by atomic mass is 10.1. The van der Waals surface area contributed by atoms with Gasteiger partial charge in [-0.2, -0.15) is 5.10 Å². The molecule has 0 amide bonds. The Morgan fingerprint density at radius 1 is 0.846 bits per heavy atom. The van der Waals surface area contributed by atoms with Crippen LogP contribution in [0.2, 0.25) is 0 Å². The van der Waals surface area contributed by atoms with Gasteiger partial charge in [-0.1, -0.05) is 69.8 Å². The predicted octanol–water partition coefficient (Wildman–Crippen LogP) is 5.80. The third-order valence-corrected chi connectivity index (χ3v) is 4.45. The number of likely N-dealkylation sites (tertiary alicyclic amines) is 1. The molecule has 0 atom stereocenters. The first-order valence-electron chi connectivity index (χ1n) is 9.32. The summed E-state index contributed by atoms with van der Waals surface area (Å²) in [6.45, 7) is 7.38. The summed E-state index contributed by atoms with van der Waals surface area (Å²) in [5.41, 5.74) is 4.71. The Kier molecular flexibility index (Phi) is 7.61. The first-order chi connectivity index (χ1) is 12.4. The maximum absolute atomic E-state index is 4.88. The lowest BCUT2D eigenvalue weighted by molar-refractivity contribution is 0.332. The number of hydrogen-bond acceptors (Lipinski definition) is 2. The molecule has 26 heavy (non-hydrogen) atoms. The van der Waals surface area contributed by atoms with Crippen LogP contribution in [0.3, 0.4) is 0 Å². The van der Waals surface area contributed by atoms with Gasteiger partial charge in [-0.05, 0) is 38.1 Å². The maximum atomic E-state index is 4.88. The number of nitrogens with zero attached hydrogens (tertiary/aromatic N) is 3. The molecule has 1 aliphatic rings. The SMILES string of the molecule is C.CC.c1ccc(-c2nn(-c3ccccc3)cc2CN2CCCC2)cc1. The van der Waals surface area contributed by atoms with Gasteiger partial charge in [0.15, 0.2) is 0 Å². The summed E-state index contributed by atoms with van der Waals surface area (Å²) in [7, 11) is 0. The maximum Gasteiger partial charge on any atom is 0.0972 e. The minimum absolute atomic E-state index is 0. The molecule has 0 N–H and O–H groups in total. The second kappa shape index (κ2) is 9.93. The van der Waals surface area contributed by atoms with Gasteiger partial charge in [-0.3, -0.25) is 4.90 Å². The van der Waals surface area contributed by atoms with Crippen LogP contribution in [0.1, 0.15) is 39.7 Å². The summed E-state index contributed by atoms with van der Waals surface area (Å²) in [5.74, 6) is 0. The van der Waals surface area contributed by atoms with E-state index in [0.717, 1.165) is 17.9 Å². The fourth-order valence-electron chi connectivity index (χ4n) is 3.26. The highest BCUT2D eigenvalue weighted by Crippen LogP contribution is 2.25. The molecule has 0 bridgehead atoms. The second-order valence-corrected chi connectivity index (χ2v) is 6.13. The molecule has 0 aliphatic carbocycles. The van der Waals surface area contributed by atoms with Crippen LogP contribution in [0.5, 0.6) is 0 Å². The molecule has 1 saturated heterocycles. The van der Waals surface area contributed by atoms with E-state index >= 15 is 0 Å². The quantitative estimate of drug-likeness (QED) is 0.594. The molecule has 0 saturated carbocycles. The van der Waals surface area contributed by atoms with Gasteiger partial charge in [-0.15, -0.1) is 0 Å². The molecule has 138 valence electrons. The van der Waals surface area contributed by atoms with Crippen LogP contribution < -0.4 is 0 Å². The molecule has 2 aromatic carbocycles. The number of hydrogen-bond donors (Lipinski definition) is 0. The van der Waals surface area contributed by atoms with E-state index in [1.165, 1.54) is 37.1 Å². The van der Waals surface area contributed by atoms with Crippen LogP contribution in [0, 0.1) is 0 Å². The minimum Gasteiger partial charge on any atom is -0.299 e. The highest BCUT2D eigenvalue weighted by molar-refractivity contribution is 5.63. The van der Waals surface area contributed by atoms with E-state index in [-0.39, 0.29) is 7.43 Å². The fourth-order valence-corrected chi connectivity index (χ4v) is 3.26. The zero-order valence-electron chi connectivity index (χ0n) is 15.2. The lowest BCUT2D eigenvalue weighted by Gasteiger charge is -2.14. The van der Waals surface area contributed by atoms with Gasteiger partial charge >= 0.3 is 0 Å². The standard InChI is InChI=1S/C20H21N3.C2H6.CH4/c1-3-9-17(10-4-1)20-18(15-22-13-7-8-14-22)16-23(21-20)19-11-5-2-6-12-19;1-2;/h1-6,9-12,16H,7-8,13-15H2;1-2H3;1H4. The Hall–Kier alpha value is -2.39. The Morgan fingerprint density at radius 2 is 1.42 bits per heavy atom. The van der Waals surface area contributed by atoms with Gasteiger partial charge in [-0.25, -0.2) is 4.68 Å². The summed E-state index contributed by atoms with van der Waals surface area (Å²) in [5, 5.41) is 4.88. The molecule has 1 aliphatic heterocycles. The third kappa shape index (κ3) is 4.61. The fraction of sp³-hybridized carbons (Fsp3) is 0.348. The van der Waals surface area contributed by atoms with E-state index in [1.54, 1.807) is 0 Å². The molecular formula is C23H31N3. The summed E-state index contributed by atoms with van der Waals surface area (Å²) in [6, 6.07) is 20.8. The highest BCUT2D eigenvalue weighted by atomic mass is 15.3. The van der Waals surface area contributed by atoms with Gasteiger partial charge in [0.1, 0.15) is 0 Å². The molecule has 3 heteroatoms. The third-order valence-electron chi connectivity index (χ3n) is 4.45. The van der Waals surface area contributed by atoms with Crippen molar-refractivity contribution in [3.63, 3.8) is 0 Å². The molecule has 0 radical (unpaired) electrons. The number of aromatic nitrogens is 2. The molecule has 0 spiro atoms. The second-order valence-electron chi connectivity index (χ2n) is 6.13. The monoisotopic (exact) mass is 349 g/mol. The van der Waals surface area contributed by atoms with Gasteiger partial charge in [0.05, 0.1) is 11.4 Å². The van der Waals surface area contributed by atoms with E-state index in [1.807, 2.05) is 24.6 Å². The Morgan fingerprint density at radius 3 is 2.04 bits per heavy atom. The predicted molar refractivity (Wildman–Crippen MR) is 112 cm³/mol. The van der Waals surface area contributed by atoms with Crippen LogP contribution in [0.15, 0.2) is 66.9 Å². The van der Waals surface area contributed by atoms with Gasteiger partial charge < -0.3 is 0 Å². The first-order valence-corrected chi connectivity index (χ1v) is 9.32. The van der Waals surface area contributed by atoms with Crippen LogP contribution in [-0.2, 0) is 6.54 Å². The van der Waals surface area contributed by atoms with E-state index < -0.39 is 0 Å². The average molecular weight is 350 g/mol. The normalized spacial score (nSPS) is 13.6. The van der Waals surface area contributed by atoms with Crippen molar-refractivity contribution >= 4 is 0 Å². The van der Waals surface area contributed by atoms with Gasteiger partial charge in [0.25, 0.3) is 0 Å². The average Bonchev–Trinajstić information content (AvgIpc) is 3.35. The number of rotatable bonds is 4. The molecule has 3 aromatic rings. The van der Waals surface area contributed by atoms with Crippen molar-refractivity contribution in [1.82, 2.24) is 14.7 Å². The molecular weight excluding hydrogens is 318 g/mol.